The standard InChI is InChI=1S/C23H28N4O2/c1-16(18-7-3-2-4-8-18)10-20(28)11-19-12-22-21(14-24-19)23(27-26-22)25-13-17-6-5-9-29-15-17/h2-4,7-8,12,14,16-17H,5-6,9-11,13,15H2,1H3,(H2,25,26,27)/t16-,17?/m0/s1. The number of benzene rings is 1. The molecule has 1 unspecified atom stereocenters. The molecule has 152 valence electrons. The maximum Gasteiger partial charge on any atom is 0.157 e. The van der Waals surface area contributed by atoms with Crippen LogP contribution in [0.25, 0.3) is 10.9 Å². The number of H-pyrrole nitrogens is 1. The molecule has 0 radical (unpaired) electrons. The van der Waals surface area contributed by atoms with E-state index in [1.165, 1.54) is 12.0 Å². The number of ether oxygens (including phenoxy) is 1. The topological polar surface area (TPSA) is 79.9 Å². The molecule has 1 aliphatic rings. The van der Waals surface area contributed by atoms with E-state index >= 15 is 0 Å². The van der Waals surface area contributed by atoms with E-state index in [1.807, 2.05) is 30.5 Å². The summed E-state index contributed by atoms with van der Waals surface area (Å²) in [7, 11) is 0. The Bertz CT molecular complexity index is 948. The van der Waals surface area contributed by atoms with Crippen LogP contribution in [0.5, 0.6) is 0 Å². The van der Waals surface area contributed by atoms with E-state index in [-0.39, 0.29) is 11.7 Å². The maximum absolute atomic E-state index is 12.5. The van der Waals surface area contributed by atoms with Crippen LogP contribution in [0.3, 0.4) is 0 Å². The van der Waals surface area contributed by atoms with Gasteiger partial charge in [-0.3, -0.25) is 14.9 Å². The van der Waals surface area contributed by atoms with Gasteiger partial charge in [-0.2, -0.15) is 5.10 Å². The zero-order valence-electron chi connectivity index (χ0n) is 16.9. The number of carbonyl (C=O) groups is 1. The van der Waals surface area contributed by atoms with E-state index in [1.54, 1.807) is 0 Å². The Hall–Kier alpha value is -2.73. The van der Waals surface area contributed by atoms with E-state index in [2.05, 4.69) is 39.6 Å². The van der Waals surface area contributed by atoms with Gasteiger partial charge in [-0.1, -0.05) is 37.3 Å². The van der Waals surface area contributed by atoms with Crippen molar-refractivity contribution in [1.82, 2.24) is 15.2 Å². The Morgan fingerprint density at radius 2 is 2.21 bits per heavy atom. The van der Waals surface area contributed by atoms with Gasteiger partial charge in [0, 0.05) is 37.9 Å². The summed E-state index contributed by atoms with van der Waals surface area (Å²) in [6.45, 7) is 4.62. The molecule has 1 aliphatic heterocycles. The number of hydrogen-bond acceptors (Lipinski definition) is 5. The summed E-state index contributed by atoms with van der Waals surface area (Å²) in [6.07, 6.45) is 4.97. The Morgan fingerprint density at radius 1 is 1.34 bits per heavy atom. The summed E-state index contributed by atoms with van der Waals surface area (Å²) < 4.78 is 5.54. The van der Waals surface area contributed by atoms with Gasteiger partial charge < -0.3 is 10.1 Å². The number of carbonyl (C=O) groups excluding carboxylic acids is 1. The van der Waals surface area contributed by atoms with E-state index < -0.39 is 0 Å². The van der Waals surface area contributed by atoms with Crippen LogP contribution in [0.2, 0.25) is 0 Å². The number of nitrogens with zero attached hydrogens (tertiary/aromatic N) is 2. The molecule has 6 heteroatoms. The summed E-state index contributed by atoms with van der Waals surface area (Å²) in [5, 5.41) is 11.8. The molecule has 0 amide bonds. The highest BCUT2D eigenvalue weighted by Gasteiger charge is 2.16. The Labute approximate surface area is 171 Å². The second kappa shape index (κ2) is 9.18. The van der Waals surface area contributed by atoms with Crippen LogP contribution in [0.4, 0.5) is 5.82 Å². The molecule has 2 aromatic heterocycles. The van der Waals surface area contributed by atoms with Crippen molar-refractivity contribution in [3.63, 3.8) is 0 Å². The third-order valence-corrected chi connectivity index (χ3v) is 5.60. The van der Waals surface area contributed by atoms with Gasteiger partial charge in [0.25, 0.3) is 0 Å². The van der Waals surface area contributed by atoms with Crippen molar-refractivity contribution in [1.29, 1.82) is 0 Å². The summed E-state index contributed by atoms with van der Waals surface area (Å²) in [4.78, 5) is 17.0. The molecule has 3 heterocycles. The van der Waals surface area contributed by atoms with Crippen molar-refractivity contribution in [2.45, 2.75) is 38.5 Å². The van der Waals surface area contributed by atoms with Crippen LogP contribution in [-0.4, -0.2) is 40.7 Å². The monoisotopic (exact) mass is 392 g/mol. The predicted molar refractivity (Wildman–Crippen MR) is 114 cm³/mol. The minimum absolute atomic E-state index is 0.198. The molecule has 0 aliphatic carbocycles. The Balaban J connectivity index is 1.35. The predicted octanol–water partition coefficient (Wildman–Crippen LogP) is 4.10. The first-order chi connectivity index (χ1) is 14.2. The van der Waals surface area contributed by atoms with Gasteiger partial charge in [0.1, 0.15) is 5.78 Å². The smallest absolute Gasteiger partial charge is 0.157 e. The number of rotatable bonds is 8. The maximum atomic E-state index is 12.5. The minimum atomic E-state index is 0.198. The molecule has 0 saturated carbocycles. The number of Topliss-reactive ketones (excluding diaryl/α,β-unsaturated/α-hetero) is 1. The van der Waals surface area contributed by atoms with Gasteiger partial charge in [0.05, 0.1) is 17.5 Å². The third kappa shape index (κ3) is 5.01. The number of fused-ring (bicyclic) bond motifs is 1. The number of nitrogens with one attached hydrogen (secondary N) is 2. The molecule has 0 spiro atoms. The molecule has 1 saturated heterocycles. The molecule has 3 aromatic rings. The molecule has 29 heavy (non-hydrogen) atoms. The van der Waals surface area contributed by atoms with Crippen molar-refractivity contribution in [2.24, 2.45) is 5.92 Å². The minimum Gasteiger partial charge on any atom is -0.381 e. The van der Waals surface area contributed by atoms with Crippen molar-refractivity contribution >= 4 is 22.5 Å². The number of hydrogen-bond donors (Lipinski definition) is 2. The summed E-state index contributed by atoms with van der Waals surface area (Å²) in [6, 6.07) is 12.1. The largest absolute Gasteiger partial charge is 0.381 e. The summed E-state index contributed by atoms with van der Waals surface area (Å²) >= 11 is 0. The van der Waals surface area contributed by atoms with Crippen LogP contribution in [0.1, 0.15) is 43.4 Å². The molecule has 6 nitrogen and oxygen atoms in total. The normalized spacial score (nSPS) is 17.9. The fraction of sp³-hybridized carbons (Fsp3) is 0.435. The van der Waals surface area contributed by atoms with Crippen LogP contribution in [0.15, 0.2) is 42.6 Å². The van der Waals surface area contributed by atoms with E-state index in [0.29, 0.717) is 18.8 Å². The van der Waals surface area contributed by atoms with Gasteiger partial charge in [0.15, 0.2) is 5.82 Å². The first kappa shape index (κ1) is 19.6. The van der Waals surface area contributed by atoms with Gasteiger partial charge in [-0.05, 0) is 36.3 Å². The van der Waals surface area contributed by atoms with Crippen molar-refractivity contribution < 1.29 is 9.53 Å². The van der Waals surface area contributed by atoms with Crippen LogP contribution < -0.4 is 5.32 Å². The average Bonchev–Trinajstić information content (AvgIpc) is 3.15. The fourth-order valence-electron chi connectivity index (χ4n) is 3.91. The van der Waals surface area contributed by atoms with E-state index in [9.17, 15) is 4.79 Å². The van der Waals surface area contributed by atoms with Gasteiger partial charge in [0.2, 0.25) is 0 Å². The second-order valence-electron chi connectivity index (χ2n) is 7.99. The van der Waals surface area contributed by atoms with Crippen LogP contribution >= 0.6 is 0 Å². The molecule has 0 bridgehead atoms. The number of anilines is 1. The molecular weight excluding hydrogens is 364 g/mol. The van der Waals surface area contributed by atoms with E-state index in [4.69, 9.17) is 4.74 Å². The first-order valence-corrected chi connectivity index (χ1v) is 10.4. The third-order valence-electron chi connectivity index (χ3n) is 5.60. The molecular formula is C23H28N4O2. The molecule has 2 N–H and O–H groups in total. The molecule has 1 fully saturated rings. The number of aromatic nitrogens is 3. The highest BCUT2D eigenvalue weighted by molar-refractivity contribution is 5.90. The zero-order valence-corrected chi connectivity index (χ0v) is 16.9. The Kier molecular flexibility index (Phi) is 6.20. The average molecular weight is 393 g/mol. The van der Waals surface area contributed by atoms with Crippen molar-refractivity contribution in [2.75, 3.05) is 25.1 Å². The zero-order chi connectivity index (χ0) is 20.1. The number of ketones is 1. The molecule has 1 aromatic carbocycles. The lowest BCUT2D eigenvalue weighted by atomic mass is 9.94. The lowest BCUT2D eigenvalue weighted by Crippen LogP contribution is -2.24. The summed E-state index contributed by atoms with van der Waals surface area (Å²) in [5.41, 5.74) is 2.87. The van der Waals surface area contributed by atoms with Gasteiger partial charge in [-0.25, -0.2) is 0 Å². The van der Waals surface area contributed by atoms with Gasteiger partial charge >= 0.3 is 0 Å². The van der Waals surface area contributed by atoms with Gasteiger partial charge in [-0.15, -0.1) is 0 Å². The highest BCUT2D eigenvalue weighted by Crippen LogP contribution is 2.23. The quantitative estimate of drug-likeness (QED) is 0.603. The highest BCUT2D eigenvalue weighted by atomic mass is 16.5. The number of pyridine rings is 1. The van der Waals surface area contributed by atoms with E-state index in [0.717, 1.165) is 48.6 Å². The lowest BCUT2D eigenvalue weighted by molar-refractivity contribution is -0.118. The SMILES string of the molecule is C[C@@H](CC(=O)Cc1cc2[nH]nc(NCC3CCCOC3)c2cn1)c1ccccc1. The Morgan fingerprint density at radius 3 is 3.00 bits per heavy atom. The second-order valence-corrected chi connectivity index (χ2v) is 7.99. The molecule has 4 rings (SSSR count). The van der Waals surface area contributed by atoms with Crippen LogP contribution in [-0.2, 0) is 16.0 Å². The lowest BCUT2D eigenvalue weighted by Gasteiger charge is -2.22. The first-order valence-electron chi connectivity index (χ1n) is 10.4. The van der Waals surface area contributed by atoms with Crippen molar-refractivity contribution in [3.05, 3.63) is 53.9 Å². The number of aromatic amines is 1. The summed E-state index contributed by atoms with van der Waals surface area (Å²) in [5.74, 6) is 1.74. The molecule has 2 atom stereocenters. The van der Waals surface area contributed by atoms with Crippen molar-refractivity contribution in [3.8, 4) is 0 Å². The van der Waals surface area contributed by atoms with Crippen LogP contribution in [0, 0.1) is 5.92 Å². The fourth-order valence-corrected chi connectivity index (χ4v) is 3.91.